The van der Waals surface area contributed by atoms with Crippen molar-refractivity contribution in [2.24, 2.45) is 0 Å². The largest absolute Gasteiger partial charge is 0.458 e. The Labute approximate surface area is 270 Å². The minimum Gasteiger partial charge on any atom is -0.458 e. The van der Waals surface area contributed by atoms with E-state index in [1.54, 1.807) is 121 Å². The van der Waals surface area contributed by atoms with Crippen molar-refractivity contribution in [3.05, 3.63) is 144 Å². The summed E-state index contributed by atoms with van der Waals surface area (Å²) in [5, 5.41) is 0. The molecule has 0 radical (unpaired) electrons. The van der Waals surface area contributed by atoms with Crippen molar-refractivity contribution >= 4 is 35.6 Å². The van der Waals surface area contributed by atoms with Crippen LogP contribution in [0.3, 0.4) is 0 Å². The van der Waals surface area contributed by atoms with Gasteiger partial charge in [-0.3, -0.25) is 0 Å². The van der Waals surface area contributed by atoms with Crippen LogP contribution in [-0.4, -0.2) is 66.1 Å². The highest BCUT2D eigenvalue weighted by Crippen LogP contribution is 2.37. The molecule has 5 rings (SSSR count). The number of carbonyl (C=O) groups excluding carboxylic acids is 4. The highest BCUT2D eigenvalue weighted by molar-refractivity contribution is 7.99. The highest BCUT2D eigenvalue weighted by Gasteiger charge is 2.54. The second-order valence-corrected chi connectivity index (χ2v) is 11.5. The van der Waals surface area contributed by atoms with Crippen molar-refractivity contribution in [1.82, 2.24) is 0 Å². The first-order valence-electron chi connectivity index (χ1n) is 14.7. The fourth-order valence-corrected chi connectivity index (χ4v) is 5.76. The summed E-state index contributed by atoms with van der Waals surface area (Å²) in [4.78, 5) is 52.9. The van der Waals surface area contributed by atoms with E-state index in [1.807, 2.05) is 6.92 Å². The number of thioether (sulfide) groups is 1. The maximum absolute atomic E-state index is 13.4. The van der Waals surface area contributed by atoms with Crippen LogP contribution < -0.4 is 0 Å². The molecular formula is C36H32O9S. The van der Waals surface area contributed by atoms with Crippen LogP contribution in [0.25, 0.3) is 0 Å². The Bertz CT molecular complexity index is 1600. The molecule has 4 aromatic carbocycles. The molecule has 5 atom stereocenters. The smallest absolute Gasteiger partial charge is 0.338 e. The van der Waals surface area contributed by atoms with Gasteiger partial charge in [-0.1, -0.05) is 79.7 Å². The van der Waals surface area contributed by atoms with Gasteiger partial charge in [0.2, 0.25) is 0 Å². The summed E-state index contributed by atoms with van der Waals surface area (Å²) in [5.41, 5.74) is 0.296. The van der Waals surface area contributed by atoms with Crippen molar-refractivity contribution in [3.8, 4) is 0 Å². The van der Waals surface area contributed by atoms with Gasteiger partial charge in [0.15, 0.2) is 18.3 Å². The standard InChI is InChI=1S/C36H32O9S/c1-2-46-36-31(44-35(40)27-21-13-6-14-22-27)30(43-34(39)26-19-11-5-12-20-26)29(45-36)28(42-33(38)25-17-9-4-10-18-25)23-41-32(37)24-15-7-3-8-16-24/h3-22,28-31,36H,2,23H2,1H3/t28?,29-,30+,31-,36-/m0/s1. The van der Waals surface area contributed by atoms with Gasteiger partial charge >= 0.3 is 23.9 Å². The number of carbonyl (C=O) groups is 4. The monoisotopic (exact) mass is 640 g/mol. The second-order valence-electron chi connectivity index (χ2n) is 10.2. The number of hydrogen-bond acceptors (Lipinski definition) is 10. The molecule has 10 heteroatoms. The lowest BCUT2D eigenvalue weighted by Crippen LogP contribution is -2.47. The van der Waals surface area contributed by atoms with Crippen LogP contribution in [-0.2, 0) is 23.7 Å². The van der Waals surface area contributed by atoms with E-state index in [4.69, 9.17) is 23.7 Å². The third kappa shape index (κ3) is 8.21. The number of rotatable bonds is 12. The molecule has 1 fully saturated rings. The Hall–Kier alpha value is -4.93. The van der Waals surface area contributed by atoms with Crippen LogP contribution in [0.5, 0.6) is 0 Å². The van der Waals surface area contributed by atoms with E-state index in [1.165, 1.54) is 11.8 Å². The van der Waals surface area contributed by atoms with Crippen LogP contribution in [0.2, 0.25) is 0 Å². The molecule has 1 saturated heterocycles. The Morgan fingerprint density at radius 2 is 1.02 bits per heavy atom. The summed E-state index contributed by atoms with van der Waals surface area (Å²) in [6.45, 7) is 1.47. The molecule has 1 heterocycles. The maximum Gasteiger partial charge on any atom is 0.338 e. The van der Waals surface area contributed by atoms with Gasteiger partial charge in [-0.25, -0.2) is 19.2 Å². The van der Waals surface area contributed by atoms with Crippen molar-refractivity contribution in [2.75, 3.05) is 12.4 Å². The fourth-order valence-electron chi connectivity index (χ4n) is 4.83. The Kier molecular flexibility index (Phi) is 11.2. The van der Waals surface area contributed by atoms with Gasteiger partial charge in [-0.05, 0) is 54.3 Å². The van der Waals surface area contributed by atoms with E-state index >= 15 is 0 Å². The Balaban J connectivity index is 1.49. The maximum atomic E-state index is 13.4. The summed E-state index contributed by atoms with van der Waals surface area (Å²) in [6, 6.07) is 33.3. The minimum absolute atomic E-state index is 0.254. The summed E-state index contributed by atoms with van der Waals surface area (Å²) >= 11 is 1.33. The zero-order chi connectivity index (χ0) is 32.3. The summed E-state index contributed by atoms with van der Waals surface area (Å²) in [5.74, 6) is -2.14. The molecule has 0 amide bonds. The van der Waals surface area contributed by atoms with Gasteiger partial charge in [0.1, 0.15) is 18.1 Å². The molecule has 0 bridgehead atoms. The molecule has 0 N–H and O–H groups in total. The highest BCUT2D eigenvalue weighted by atomic mass is 32.2. The van der Waals surface area contributed by atoms with E-state index in [0.29, 0.717) is 16.9 Å². The normalized spacial score (nSPS) is 19.4. The zero-order valence-corrected chi connectivity index (χ0v) is 25.7. The van der Waals surface area contributed by atoms with Gasteiger partial charge in [-0.2, -0.15) is 0 Å². The number of ether oxygens (including phenoxy) is 5. The summed E-state index contributed by atoms with van der Waals surface area (Å²) < 4.78 is 29.9. The van der Waals surface area contributed by atoms with Crippen LogP contribution in [0, 0.1) is 0 Å². The Morgan fingerprint density at radius 1 is 0.609 bits per heavy atom. The molecule has 1 unspecified atom stereocenters. The van der Waals surface area contributed by atoms with E-state index < -0.39 is 60.3 Å². The molecule has 1 aliphatic heterocycles. The summed E-state index contributed by atoms with van der Waals surface area (Å²) in [6.07, 6.45) is -4.78. The molecule has 46 heavy (non-hydrogen) atoms. The van der Waals surface area contributed by atoms with Gasteiger partial charge < -0.3 is 23.7 Å². The van der Waals surface area contributed by atoms with Gasteiger partial charge in [0, 0.05) is 0 Å². The first-order chi connectivity index (χ1) is 22.4. The summed E-state index contributed by atoms with van der Waals surface area (Å²) in [7, 11) is 0. The molecule has 0 aromatic heterocycles. The quantitative estimate of drug-likeness (QED) is 0.135. The average Bonchev–Trinajstić information content (AvgIpc) is 3.43. The minimum atomic E-state index is -1.26. The van der Waals surface area contributed by atoms with E-state index in [2.05, 4.69) is 0 Å². The van der Waals surface area contributed by atoms with Gasteiger partial charge in [0.05, 0.1) is 22.3 Å². The van der Waals surface area contributed by atoms with Crippen molar-refractivity contribution in [2.45, 2.75) is 36.8 Å². The van der Waals surface area contributed by atoms with Crippen LogP contribution in [0.15, 0.2) is 121 Å². The first-order valence-corrected chi connectivity index (χ1v) is 15.8. The molecule has 1 aliphatic rings. The SMILES string of the molecule is CCS[C@@H]1O[C@@H](C(COC(=O)c2ccccc2)OC(=O)c2ccccc2)[C@@H](OC(=O)c2ccccc2)[C@@H]1OC(=O)c1ccccc1. The van der Waals surface area contributed by atoms with E-state index in [0.717, 1.165) is 0 Å². The van der Waals surface area contributed by atoms with Crippen LogP contribution in [0.4, 0.5) is 0 Å². The first kappa shape index (κ1) is 32.5. The number of benzene rings is 4. The second kappa shape index (κ2) is 15.9. The zero-order valence-electron chi connectivity index (χ0n) is 24.9. The number of hydrogen-bond donors (Lipinski definition) is 0. The molecule has 236 valence electrons. The van der Waals surface area contributed by atoms with Crippen molar-refractivity contribution < 1.29 is 42.9 Å². The third-order valence-electron chi connectivity index (χ3n) is 7.07. The molecule has 0 aliphatic carbocycles. The van der Waals surface area contributed by atoms with Crippen LogP contribution in [0.1, 0.15) is 48.4 Å². The lowest BCUT2D eigenvalue weighted by molar-refractivity contribution is -0.0899. The molecular weight excluding hydrogens is 608 g/mol. The lowest BCUT2D eigenvalue weighted by atomic mass is 10.1. The Morgan fingerprint density at radius 3 is 1.48 bits per heavy atom. The molecule has 4 aromatic rings. The molecule has 0 spiro atoms. The molecule has 9 nitrogen and oxygen atoms in total. The van der Waals surface area contributed by atoms with Crippen LogP contribution >= 0.6 is 11.8 Å². The predicted molar refractivity (Wildman–Crippen MR) is 170 cm³/mol. The van der Waals surface area contributed by atoms with Gasteiger partial charge in [0.25, 0.3) is 0 Å². The van der Waals surface area contributed by atoms with Crippen molar-refractivity contribution in [3.63, 3.8) is 0 Å². The average molecular weight is 641 g/mol. The predicted octanol–water partition coefficient (Wildman–Crippen LogP) is 6.00. The van der Waals surface area contributed by atoms with E-state index in [-0.39, 0.29) is 11.1 Å². The number of esters is 4. The van der Waals surface area contributed by atoms with Crippen molar-refractivity contribution in [1.29, 1.82) is 0 Å². The van der Waals surface area contributed by atoms with E-state index in [9.17, 15) is 19.2 Å². The molecule has 0 saturated carbocycles. The third-order valence-corrected chi connectivity index (χ3v) is 8.11. The topological polar surface area (TPSA) is 114 Å². The lowest BCUT2D eigenvalue weighted by Gasteiger charge is -2.28. The van der Waals surface area contributed by atoms with Gasteiger partial charge in [-0.15, -0.1) is 11.8 Å². The fraction of sp³-hybridized carbons (Fsp3) is 0.222.